The number of ketones is 1. The van der Waals surface area contributed by atoms with Gasteiger partial charge in [0, 0.05) is 5.56 Å². The van der Waals surface area contributed by atoms with Crippen molar-refractivity contribution in [1.82, 2.24) is 0 Å². The first-order valence-corrected chi connectivity index (χ1v) is 5.80. The van der Waals surface area contributed by atoms with E-state index in [1.165, 1.54) is 0 Å². The van der Waals surface area contributed by atoms with Crippen LogP contribution in [0.15, 0.2) is 30.3 Å². The Morgan fingerprint density at radius 1 is 1.35 bits per heavy atom. The monoisotopic (exact) mass is 257 g/mol. The van der Waals surface area contributed by atoms with Gasteiger partial charge in [-0.1, -0.05) is 37.3 Å². The van der Waals surface area contributed by atoms with Crippen LogP contribution in [0.25, 0.3) is 0 Å². The number of quaternary nitrogens is 1. The van der Waals surface area contributed by atoms with Gasteiger partial charge < -0.3 is 22.8 Å². The van der Waals surface area contributed by atoms with E-state index in [1.54, 1.807) is 0 Å². The van der Waals surface area contributed by atoms with Gasteiger partial charge in [-0.2, -0.15) is 0 Å². The van der Waals surface area contributed by atoms with Crippen molar-refractivity contribution >= 4 is 5.78 Å². The highest BCUT2D eigenvalue weighted by Crippen LogP contribution is 2.01. The highest BCUT2D eigenvalue weighted by Gasteiger charge is 2.09. The minimum Gasteiger partial charge on any atom is -1.00 e. The van der Waals surface area contributed by atoms with Gasteiger partial charge in [0.1, 0.15) is 6.04 Å². The summed E-state index contributed by atoms with van der Waals surface area (Å²) in [7, 11) is 0. The lowest BCUT2D eigenvalue weighted by molar-refractivity contribution is -0.690. The Morgan fingerprint density at radius 3 is 2.53 bits per heavy atom. The Kier molecular flexibility index (Phi) is 8.68. The number of nitrogens with two attached hydrogens (primary N) is 1. The Morgan fingerprint density at radius 2 is 2.00 bits per heavy atom. The molecule has 96 valence electrons. The number of aliphatic hydroxyl groups excluding tert-OH is 1. The maximum Gasteiger partial charge on any atom is 0.168 e. The van der Waals surface area contributed by atoms with Crippen LogP contribution >= 0.6 is 0 Å². The predicted octanol–water partition coefficient (Wildman–Crippen LogP) is -2.40. The van der Waals surface area contributed by atoms with E-state index in [4.69, 9.17) is 5.11 Å². The molecule has 1 rings (SSSR count). The first kappa shape index (κ1) is 16.1. The zero-order valence-corrected chi connectivity index (χ0v) is 10.9. The van der Waals surface area contributed by atoms with E-state index in [-0.39, 0.29) is 30.8 Å². The second kappa shape index (κ2) is 9.16. The first-order chi connectivity index (χ1) is 7.77. The molecule has 0 aromatic heterocycles. The molecular formula is C13H20ClNO2. The minimum absolute atomic E-state index is 0. The number of benzene rings is 1. The van der Waals surface area contributed by atoms with Gasteiger partial charge in [-0.3, -0.25) is 4.79 Å². The number of rotatable bonds is 7. The number of hydrogen-bond donors (Lipinski definition) is 2. The fourth-order valence-corrected chi connectivity index (χ4v) is 1.59. The second-order valence-electron chi connectivity index (χ2n) is 3.91. The molecule has 1 aromatic carbocycles. The first-order valence-electron chi connectivity index (χ1n) is 5.80. The largest absolute Gasteiger partial charge is 1.00 e. The summed E-state index contributed by atoms with van der Waals surface area (Å²) < 4.78 is 0. The van der Waals surface area contributed by atoms with Gasteiger partial charge in [-0.15, -0.1) is 0 Å². The molecule has 17 heavy (non-hydrogen) atoms. The molecule has 0 bridgehead atoms. The van der Waals surface area contributed by atoms with Crippen LogP contribution in [-0.2, 0) is 0 Å². The fourth-order valence-electron chi connectivity index (χ4n) is 1.59. The molecule has 1 unspecified atom stereocenters. The van der Waals surface area contributed by atoms with Crippen LogP contribution < -0.4 is 17.7 Å². The maximum absolute atomic E-state index is 11.7. The molecule has 0 aliphatic rings. The molecule has 0 saturated carbocycles. The molecule has 0 aliphatic heterocycles. The van der Waals surface area contributed by atoms with Crippen LogP contribution in [-0.4, -0.2) is 30.1 Å². The average Bonchev–Trinajstić information content (AvgIpc) is 2.35. The molecular weight excluding hydrogens is 238 g/mol. The maximum atomic E-state index is 11.7. The number of halogens is 1. The van der Waals surface area contributed by atoms with Crippen molar-refractivity contribution in [1.29, 1.82) is 0 Å². The van der Waals surface area contributed by atoms with E-state index in [2.05, 4.69) is 0 Å². The third-order valence-electron chi connectivity index (χ3n) is 2.73. The smallest absolute Gasteiger partial charge is 0.168 e. The summed E-state index contributed by atoms with van der Waals surface area (Å²) >= 11 is 0. The van der Waals surface area contributed by atoms with Crippen molar-refractivity contribution in [3.8, 4) is 0 Å². The van der Waals surface area contributed by atoms with Crippen molar-refractivity contribution in [2.45, 2.75) is 25.8 Å². The Hall–Kier alpha value is -0.900. The van der Waals surface area contributed by atoms with Crippen molar-refractivity contribution in [3.63, 3.8) is 0 Å². The Labute approximate surface area is 109 Å². The zero-order valence-electron chi connectivity index (χ0n) is 10.1. The second-order valence-corrected chi connectivity index (χ2v) is 3.91. The standard InChI is InChI=1S/C13H19NO2.ClH/c1-2-12(10-15)14-9-8-13(16)11-6-4-3-5-7-11;/h3-7,12,14-15H,2,8-10H2,1H3;1H. The van der Waals surface area contributed by atoms with Crippen molar-refractivity contribution in [3.05, 3.63) is 35.9 Å². The summed E-state index contributed by atoms with van der Waals surface area (Å²) in [5.74, 6) is 0.171. The van der Waals surface area contributed by atoms with E-state index >= 15 is 0 Å². The molecule has 0 fully saturated rings. The number of aliphatic hydroxyl groups is 1. The summed E-state index contributed by atoms with van der Waals surface area (Å²) in [6, 6.07) is 9.56. The van der Waals surface area contributed by atoms with Gasteiger partial charge in [0.05, 0.1) is 19.6 Å². The number of carbonyl (C=O) groups excluding carboxylic acids is 1. The van der Waals surface area contributed by atoms with E-state index in [0.29, 0.717) is 6.42 Å². The van der Waals surface area contributed by atoms with Crippen molar-refractivity contribution in [2.75, 3.05) is 13.2 Å². The van der Waals surface area contributed by atoms with Crippen molar-refractivity contribution < 1.29 is 27.6 Å². The molecule has 1 atom stereocenters. The number of Topliss-reactive ketones (excluding diaryl/α,β-unsaturated/α-hetero) is 1. The molecule has 1 aromatic rings. The summed E-state index contributed by atoms with van der Waals surface area (Å²) in [4.78, 5) is 11.7. The van der Waals surface area contributed by atoms with E-state index in [1.807, 2.05) is 42.6 Å². The van der Waals surface area contributed by atoms with Gasteiger partial charge in [0.2, 0.25) is 0 Å². The SMILES string of the molecule is CCC(CO)[NH2+]CCC(=O)c1ccccc1.[Cl-]. The summed E-state index contributed by atoms with van der Waals surface area (Å²) in [6.07, 6.45) is 1.45. The van der Waals surface area contributed by atoms with Gasteiger partial charge in [-0.25, -0.2) is 0 Å². The van der Waals surface area contributed by atoms with Crippen LogP contribution in [0.4, 0.5) is 0 Å². The van der Waals surface area contributed by atoms with Crippen LogP contribution in [0.2, 0.25) is 0 Å². The third kappa shape index (κ3) is 5.82. The molecule has 0 radical (unpaired) electrons. The molecule has 3 nitrogen and oxygen atoms in total. The van der Waals surface area contributed by atoms with E-state index in [9.17, 15) is 4.79 Å². The minimum atomic E-state index is 0. The van der Waals surface area contributed by atoms with Gasteiger partial charge in [-0.05, 0) is 6.42 Å². The highest BCUT2D eigenvalue weighted by atomic mass is 35.5. The molecule has 0 heterocycles. The van der Waals surface area contributed by atoms with Gasteiger partial charge in [0.25, 0.3) is 0 Å². The van der Waals surface area contributed by atoms with Gasteiger partial charge >= 0.3 is 0 Å². The highest BCUT2D eigenvalue weighted by molar-refractivity contribution is 5.95. The molecule has 0 aliphatic carbocycles. The summed E-state index contributed by atoms with van der Waals surface area (Å²) in [5.41, 5.74) is 0.771. The predicted molar refractivity (Wildman–Crippen MR) is 63.3 cm³/mol. The Balaban J connectivity index is 0.00000256. The average molecular weight is 258 g/mol. The molecule has 4 heteroatoms. The molecule has 0 spiro atoms. The van der Waals surface area contributed by atoms with Crippen LogP contribution in [0.5, 0.6) is 0 Å². The number of hydrogen-bond acceptors (Lipinski definition) is 2. The molecule has 3 N–H and O–H groups in total. The lowest BCUT2D eigenvalue weighted by Gasteiger charge is -2.09. The number of carbonyl (C=O) groups is 1. The van der Waals surface area contributed by atoms with E-state index in [0.717, 1.165) is 18.5 Å². The van der Waals surface area contributed by atoms with Crippen LogP contribution in [0, 0.1) is 0 Å². The zero-order chi connectivity index (χ0) is 11.8. The van der Waals surface area contributed by atoms with Crippen LogP contribution in [0.3, 0.4) is 0 Å². The van der Waals surface area contributed by atoms with Crippen molar-refractivity contribution in [2.24, 2.45) is 0 Å². The molecule has 0 saturated heterocycles. The Bertz CT molecular complexity index is 312. The van der Waals surface area contributed by atoms with E-state index < -0.39 is 0 Å². The molecule has 0 amide bonds. The summed E-state index contributed by atoms with van der Waals surface area (Å²) in [5, 5.41) is 11.0. The summed E-state index contributed by atoms with van der Waals surface area (Å²) in [6.45, 7) is 2.96. The lowest BCUT2D eigenvalue weighted by Crippen LogP contribution is -3.00. The third-order valence-corrected chi connectivity index (χ3v) is 2.73. The van der Waals surface area contributed by atoms with Crippen LogP contribution in [0.1, 0.15) is 30.1 Å². The fraction of sp³-hybridized carbons (Fsp3) is 0.462. The lowest BCUT2D eigenvalue weighted by atomic mass is 10.1. The quantitative estimate of drug-likeness (QED) is 0.535. The van der Waals surface area contributed by atoms with Gasteiger partial charge in [0.15, 0.2) is 5.78 Å². The normalized spacial score (nSPS) is 11.6. The topological polar surface area (TPSA) is 53.9 Å².